The van der Waals surface area contributed by atoms with E-state index in [1.54, 1.807) is 43.2 Å². The normalized spacial score (nSPS) is 13.8. The maximum atomic E-state index is 12.3. The van der Waals surface area contributed by atoms with Crippen molar-refractivity contribution >= 4 is 54.5 Å². The van der Waals surface area contributed by atoms with E-state index >= 15 is 0 Å². The monoisotopic (exact) mass is 1740 g/mol. The molecule has 0 saturated heterocycles. The maximum Gasteiger partial charge on any atom is 0.334 e. The van der Waals surface area contributed by atoms with Crippen molar-refractivity contribution in [3.05, 3.63) is 291 Å². The fourth-order valence-corrected chi connectivity index (χ4v) is 17.8. The SMILES string of the molecule is CC1=C(C)C(C)(C)c2nc(C)c(C)c(=O)n21.CC1=C(C)C(C)=C(C)S(=O)(=O)O1.CC1=C(C)S(=O)C(C)=C1C.Cc1c(C)c(C)c2c(c1C)c(C)c(C)c(=O)n2C.Cc1nc(C)c(C)c(C)c1C.Cc1nc2c(C)c(C)c(C)c(=O)n2c(C)c1C.Cc1nc2c(C)c(C)c(C)c(C)n2c(=O)c1C.Cc1nc2c(C)c(C)n(C)n2c(=O)c1C.Cc1oc(C)c(C)c1C. The van der Waals surface area contributed by atoms with Gasteiger partial charge in [-0.3, -0.25) is 47.0 Å². The average Bonchev–Trinajstić information content (AvgIpc) is 1.74. The largest absolute Gasteiger partial charge is 0.466 e. The molecule has 0 atom stereocenters. The number of benzene rings is 1. The van der Waals surface area contributed by atoms with Gasteiger partial charge in [0.1, 0.15) is 34.4 Å². The molecule has 3 aliphatic heterocycles. The van der Waals surface area contributed by atoms with Gasteiger partial charge in [-0.2, -0.15) is 12.9 Å². The second kappa shape index (κ2) is 39.2. The highest BCUT2D eigenvalue weighted by Gasteiger charge is 2.37. The van der Waals surface area contributed by atoms with Crippen molar-refractivity contribution in [2.24, 2.45) is 14.1 Å². The number of allylic oxidation sites excluding steroid dienone is 10. The highest BCUT2D eigenvalue weighted by Crippen LogP contribution is 2.40. The minimum atomic E-state index is -3.47. The number of rotatable bonds is 0. The molecule has 0 saturated carbocycles. The van der Waals surface area contributed by atoms with Crippen LogP contribution in [0, 0.1) is 228 Å². The van der Waals surface area contributed by atoms with E-state index in [9.17, 15) is 36.6 Å². The van der Waals surface area contributed by atoms with E-state index in [1.807, 2.05) is 192 Å². The molecule has 676 valence electrons. The number of furan rings is 1. The Balaban J connectivity index is 0.000000219. The topological polar surface area (TPSA) is 251 Å². The Hall–Kier alpha value is -10.5. The quantitative estimate of drug-likeness (QED) is 0.128. The van der Waals surface area contributed by atoms with Gasteiger partial charge in [-0.1, -0.05) is 0 Å². The van der Waals surface area contributed by atoms with Crippen LogP contribution in [0.4, 0.5) is 0 Å². The number of pyridine rings is 4. The Morgan fingerprint density at radius 3 is 1.13 bits per heavy atom. The molecular weight excluding hydrogens is 1600 g/mol. The summed E-state index contributed by atoms with van der Waals surface area (Å²) in [6.45, 7) is 89.5. The molecule has 0 amide bonds. The third kappa shape index (κ3) is 19.6. The lowest BCUT2D eigenvalue weighted by molar-refractivity contribution is 0.405. The zero-order valence-corrected chi connectivity index (χ0v) is 86.0. The number of fused-ring (bicyclic) bond motifs is 5. The van der Waals surface area contributed by atoms with Crippen LogP contribution in [0.25, 0.3) is 33.5 Å². The summed E-state index contributed by atoms with van der Waals surface area (Å²) in [5.41, 5.74) is 43.3. The zero-order valence-electron chi connectivity index (χ0n) is 84.3. The Morgan fingerprint density at radius 1 is 0.328 bits per heavy atom. The van der Waals surface area contributed by atoms with E-state index in [-0.39, 0.29) is 33.2 Å². The average molecular weight is 1750 g/mol. The summed E-state index contributed by atoms with van der Waals surface area (Å²) in [6, 6.07) is 0. The van der Waals surface area contributed by atoms with Gasteiger partial charge in [0, 0.05) is 125 Å². The first-order chi connectivity index (χ1) is 57.3. The number of aromatic nitrogens is 11. The summed E-state index contributed by atoms with van der Waals surface area (Å²) in [4.78, 5) is 86.1. The first-order valence-electron chi connectivity index (χ1n) is 42.6. The van der Waals surface area contributed by atoms with Gasteiger partial charge in [0.25, 0.3) is 27.8 Å². The first kappa shape index (κ1) is 103. The summed E-state index contributed by atoms with van der Waals surface area (Å²) >= 11 is 0. The number of nitrogens with zero attached hydrogens (tertiary/aromatic N) is 11. The van der Waals surface area contributed by atoms with Crippen LogP contribution in [-0.2, 0) is 44.6 Å². The Bertz CT molecular complexity index is 6840. The van der Waals surface area contributed by atoms with Crippen LogP contribution in [-0.4, -0.2) is 64.7 Å². The number of aryl methyl sites for hydroxylation is 18. The molecule has 0 spiro atoms. The summed E-state index contributed by atoms with van der Waals surface area (Å²) in [5, 5.41) is 1.25. The van der Waals surface area contributed by atoms with Crippen molar-refractivity contribution in [2.75, 3.05) is 0 Å². The van der Waals surface area contributed by atoms with Crippen molar-refractivity contribution in [3.8, 4) is 0 Å². The highest BCUT2D eigenvalue weighted by atomic mass is 32.2. The molecule has 23 heteroatoms. The molecule has 0 radical (unpaired) electrons. The number of hydrogen-bond acceptors (Lipinski definition) is 15. The molecule has 14 rings (SSSR count). The van der Waals surface area contributed by atoms with Crippen molar-refractivity contribution in [2.45, 2.75) is 317 Å². The van der Waals surface area contributed by atoms with E-state index in [1.165, 1.54) is 83.3 Å². The smallest absolute Gasteiger partial charge is 0.334 e. The fraction of sp³-hybridized carbons (Fsp3) is 0.471. The van der Waals surface area contributed by atoms with E-state index in [0.29, 0.717) is 16.2 Å². The van der Waals surface area contributed by atoms with Crippen LogP contribution in [0.1, 0.15) is 274 Å². The molecule has 0 bridgehead atoms. The Morgan fingerprint density at radius 2 is 0.688 bits per heavy atom. The van der Waals surface area contributed by atoms with Crippen LogP contribution >= 0.6 is 0 Å². The van der Waals surface area contributed by atoms with Gasteiger partial charge in [0.2, 0.25) is 0 Å². The van der Waals surface area contributed by atoms with E-state index in [0.717, 1.165) is 173 Å². The molecule has 0 fully saturated rings. The predicted molar refractivity (Wildman–Crippen MR) is 520 cm³/mol. The molecule has 0 N–H and O–H groups in total. The van der Waals surface area contributed by atoms with E-state index < -0.39 is 20.9 Å². The molecule has 0 unspecified atom stereocenters. The van der Waals surface area contributed by atoms with Gasteiger partial charge < -0.3 is 13.2 Å². The predicted octanol–water partition coefficient (Wildman–Crippen LogP) is 21.6. The van der Waals surface area contributed by atoms with Crippen molar-refractivity contribution < 1.29 is 21.2 Å². The van der Waals surface area contributed by atoms with Crippen molar-refractivity contribution in [3.63, 3.8) is 0 Å². The van der Waals surface area contributed by atoms with Gasteiger partial charge in [-0.05, 0) is 428 Å². The molecule has 125 heavy (non-hydrogen) atoms. The second-order valence-electron chi connectivity index (χ2n) is 35.1. The maximum absolute atomic E-state index is 12.3. The third-order valence-electron chi connectivity index (χ3n) is 28.3. The summed E-state index contributed by atoms with van der Waals surface area (Å²) in [5.74, 6) is 3.43. The van der Waals surface area contributed by atoms with Crippen LogP contribution in [0.3, 0.4) is 0 Å². The molecule has 21 nitrogen and oxygen atoms in total. The van der Waals surface area contributed by atoms with Crippen LogP contribution < -0.4 is 27.8 Å². The van der Waals surface area contributed by atoms with Gasteiger partial charge in [-0.25, -0.2) is 24.1 Å². The number of hydrogen-bond donors (Lipinski definition) is 0. The lowest BCUT2D eigenvalue weighted by atomic mass is 9.86. The zero-order chi connectivity index (χ0) is 96.2. The molecule has 3 aliphatic rings. The minimum absolute atomic E-state index is 0.0243. The fourth-order valence-electron chi connectivity index (χ4n) is 15.4. The molecule has 13 heterocycles. The van der Waals surface area contributed by atoms with Crippen LogP contribution in [0.15, 0.2) is 76.7 Å². The van der Waals surface area contributed by atoms with Crippen LogP contribution in [0.2, 0.25) is 0 Å². The first-order valence-corrected chi connectivity index (χ1v) is 45.2. The minimum Gasteiger partial charge on any atom is -0.466 e. The molecular formula is C102H141N11O10S2. The standard InChI is InChI=1S/C16H21NO.2C14H18N2O.C13H18N2O.C11H15N3O.C10H15N.C8H12O3S.C8H12OS.C8H12O/c1-8-9(2)12(5)15-14(10(8)3)11(4)13(6)16(18)17(15)7;1-7-8(2)13-15-11(5)10(4)12(6)16(13)14(17)9(7)3;1-7-8(2)12(6)16-13(9(7)3)15-11(5)10(4)14(16)17;1-7-9(3)14-12-13(5,6)8(2)10(4)15(12)11(7)16;1-6-8(3)12-10-7(2)9(4)13(5)14(10)11(6)15;1-6-7(2)9(4)11-10(5)8(6)3;1-5-6(2)8(4)12(9,10)11-7(5)3;1-5-6(2)8(4)10(9)7(5)3;1-5-6(2)8(4)9-7(5)3/h1-7H3;2*1-6H3;1-6H3;1-5H3;1-5H3;1-4H3;1-4H3;1-4H3. The Labute approximate surface area is 745 Å². The van der Waals surface area contributed by atoms with E-state index in [2.05, 4.69) is 143 Å². The van der Waals surface area contributed by atoms with Gasteiger partial charge in [-0.15, -0.1) is 0 Å². The van der Waals surface area contributed by atoms with E-state index in [4.69, 9.17) is 8.60 Å². The van der Waals surface area contributed by atoms with Gasteiger partial charge >= 0.3 is 10.1 Å². The van der Waals surface area contributed by atoms with Crippen molar-refractivity contribution in [1.82, 2.24) is 52.1 Å². The summed E-state index contributed by atoms with van der Waals surface area (Å²) in [6.07, 6.45) is 0. The molecule has 10 aromatic heterocycles. The third-order valence-corrected chi connectivity index (χ3v) is 31.6. The lowest BCUT2D eigenvalue weighted by Crippen LogP contribution is -2.28. The van der Waals surface area contributed by atoms with Gasteiger partial charge in [0.15, 0.2) is 5.65 Å². The highest BCUT2D eigenvalue weighted by molar-refractivity contribution is 7.93. The second-order valence-corrected chi connectivity index (χ2v) is 38.6. The summed E-state index contributed by atoms with van der Waals surface area (Å²) < 4.78 is 54.4. The van der Waals surface area contributed by atoms with Crippen LogP contribution in [0.5, 0.6) is 0 Å². The van der Waals surface area contributed by atoms with Crippen molar-refractivity contribution in [1.29, 1.82) is 0 Å². The molecule has 11 aromatic rings. The molecule has 0 aliphatic carbocycles. The Kier molecular flexibility index (Phi) is 32.4. The molecule has 1 aromatic carbocycles. The van der Waals surface area contributed by atoms with Gasteiger partial charge in [0.05, 0.1) is 21.2 Å². The lowest BCUT2D eigenvalue weighted by Gasteiger charge is -2.20. The summed E-state index contributed by atoms with van der Waals surface area (Å²) in [7, 11) is -0.529.